The van der Waals surface area contributed by atoms with Crippen LogP contribution in [0.1, 0.15) is 5.56 Å². The van der Waals surface area contributed by atoms with Gasteiger partial charge in [0, 0.05) is 33.8 Å². The fraction of sp³-hybridized carbons (Fsp3) is 0.167. The molecule has 0 atom stereocenters. The van der Waals surface area contributed by atoms with Gasteiger partial charge in [-0.1, -0.05) is 0 Å². The largest absolute Gasteiger partial charge is 0.416 e. The molecule has 0 aliphatic carbocycles. The van der Waals surface area contributed by atoms with Crippen molar-refractivity contribution in [2.75, 3.05) is 0 Å². The lowest BCUT2D eigenvalue weighted by atomic mass is 10.3. The standard InChI is InChI=1S/C6H4F3N.Cl2O2S/c7-6(8,9)5-1-3-10-4-2-5;1-5(2,3)4/h1-4H;. The first-order valence-corrected chi connectivity index (χ1v) is 6.35. The Hall–Kier alpha value is -0.530. The molecule has 86 valence electrons. The fourth-order valence-electron chi connectivity index (χ4n) is 0.541. The first-order valence-electron chi connectivity index (χ1n) is 3.22. The second-order valence-corrected chi connectivity index (χ2v) is 5.78. The highest BCUT2D eigenvalue weighted by Gasteiger charge is 2.29. The Morgan fingerprint density at radius 1 is 1.13 bits per heavy atom. The van der Waals surface area contributed by atoms with Gasteiger partial charge in [-0.3, -0.25) is 4.98 Å². The zero-order valence-electron chi connectivity index (χ0n) is 6.87. The maximum atomic E-state index is 11.8. The SMILES string of the molecule is FC(F)(F)c1ccncc1.O=S(=O)(Cl)Cl. The monoisotopic (exact) mass is 281 g/mol. The molecule has 0 saturated carbocycles. The van der Waals surface area contributed by atoms with E-state index in [-0.39, 0.29) is 0 Å². The van der Waals surface area contributed by atoms with E-state index in [9.17, 15) is 13.2 Å². The second-order valence-electron chi connectivity index (χ2n) is 2.11. The van der Waals surface area contributed by atoms with Crippen molar-refractivity contribution in [3.8, 4) is 0 Å². The lowest BCUT2D eigenvalue weighted by Crippen LogP contribution is -2.03. The summed E-state index contributed by atoms with van der Waals surface area (Å²) in [4.78, 5) is 3.46. The van der Waals surface area contributed by atoms with Crippen LogP contribution in [-0.2, 0) is 14.4 Å². The molecule has 3 nitrogen and oxygen atoms in total. The van der Waals surface area contributed by atoms with Crippen LogP contribution in [0.3, 0.4) is 0 Å². The number of rotatable bonds is 0. The molecular weight excluding hydrogens is 278 g/mol. The van der Waals surface area contributed by atoms with E-state index in [0.717, 1.165) is 24.5 Å². The summed E-state index contributed by atoms with van der Waals surface area (Å²) in [6.45, 7) is 0. The van der Waals surface area contributed by atoms with Gasteiger partial charge in [0.1, 0.15) is 0 Å². The number of hydrogen-bond donors (Lipinski definition) is 0. The summed E-state index contributed by atoms with van der Waals surface area (Å²) in [6, 6.07) is 1.86. The summed E-state index contributed by atoms with van der Waals surface area (Å²) in [5.41, 5.74) is -0.664. The molecule has 9 heteroatoms. The first kappa shape index (κ1) is 14.5. The number of nitrogens with zero attached hydrogens (tertiary/aromatic N) is 1. The Labute approximate surface area is 92.8 Å². The van der Waals surface area contributed by atoms with Crippen molar-refractivity contribution in [1.29, 1.82) is 0 Å². The molecule has 0 aromatic carbocycles. The molecule has 1 aromatic rings. The van der Waals surface area contributed by atoms with Gasteiger partial charge in [-0.15, -0.1) is 0 Å². The van der Waals surface area contributed by atoms with E-state index in [2.05, 4.69) is 26.3 Å². The van der Waals surface area contributed by atoms with Crippen LogP contribution in [0.2, 0.25) is 0 Å². The zero-order chi connectivity index (χ0) is 12.1. The maximum Gasteiger partial charge on any atom is 0.416 e. The fourth-order valence-corrected chi connectivity index (χ4v) is 0.541. The van der Waals surface area contributed by atoms with Gasteiger partial charge >= 0.3 is 14.4 Å². The minimum atomic E-state index is -4.25. The highest BCUT2D eigenvalue weighted by molar-refractivity contribution is 8.31. The molecule has 1 aromatic heterocycles. The molecule has 0 aliphatic heterocycles. The Kier molecular flexibility index (Phi) is 5.33. The summed E-state index contributed by atoms with van der Waals surface area (Å²) in [5.74, 6) is 0. The molecule has 0 bridgehead atoms. The lowest BCUT2D eigenvalue weighted by Gasteiger charge is -2.03. The number of aromatic nitrogens is 1. The third kappa shape index (κ3) is 9.77. The third-order valence-corrected chi connectivity index (χ3v) is 1.01. The van der Waals surface area contributed by atoms with E-state index >= 15 is 0 Å². The van der Waals surface area contributed by atoms with Crippen molar-refractivity contribution in [2.24, 2.45) is 0 Å². The van der Waals surface area contributed by atoms with Crippen LogP contribution in [-0.4, -0.2) is 13.4 Å². The Morgan fingerprint density at radius 3 is 1.67 bits per heavy atom. The van der Waals surface area contributed by atoms with Gasteiger partial charge in [-0.25, -0.2) is 0 Å². The molecule has 0 N–H and O–H groups in total. The number of pyridine rings is 1. The summed E-state index contributed by atoms with van der Waals surface area (Å²) < 4.78 is 53.6. The van der Waals surface area contributed by atoms with Crippen LogP contribution in [0, 0.1) is 0 Å². The molecule has 0 fully saturated rings. The van der Waals surface area contributed by atoms with E-state index in [1.807, 2.05) is 0 Å². The summed E-state index contributed by atoms with van der Waals surface area (Å²) in [7, 11) is 4.81. The Balaban J connectivity index is 0.000000336. The molecule has 1 rings (SSSR count). The zero-order valence-corrected chi connectivity index (χ0v) is 9.20. The highest BCUT2D eigenvalue weighted by Crippen LogP contribution is 2.27. The normalized spacial score (nSPS) is 11.5. The van der Waals surface area contributed by atoms with Crippen LogP contribution >= 0.6 is 21.4 Å². The van der Waals surface area contributed by atoms with Gasteiger partial charge < -0.3 is 0 Å². The van der Waals surface area contributed by atoms with Crippen LogP contribution in [0.5, 0.6) is 0 Å². The summed E-state index contributed by atoms with van der Waals surface area (Å²) >= 11 is 0. The van der Waals surface area contributed by atoms with Gasteiger partial charge in [-0.05, 0) is 12.1 Å². The van der Waals surface area contributed by atoms with Gasteiger partial charge in [0.15, 0.2) is 0 Å². The van der Waals surface area contributed by atoms with E-state index in [1.165, 1.54) is 0 Å². The van der Waals surface area contributed by atoms with Crippen LogP contribution in [0.25, 0.3) is 0 Å². The Bertz CT molecular complexity index is 385. The second kappa shape index (κ2) is 5.53. The van der Waals surface area contributed by atoms with Crippen LogP contribution in [0.4, 0.5) is 13.2 Å². The average Bonchev–Trinajstić information content (AvgIpc) is 2.01. The molecular formula is C6H4Cl2F3NO2S. The van der Waals surface area contributed by atoms with Crippen molar-refractivity contribution < 1.29 is 21.6 Å². The van der Waals surface area contributed by atoms with E-state index in [4.69, 9.17) is 8.42 Å². The molecule has 0 saturated heterocycles. The molecule has 0 amide bonds. The van der Waals surface area contributed by atoms with Gasteiger partial charge in [-0.2, -0.15) is 21.6 Å². The summed E-state index contributed by atoms with van der Waals surface area (Å²) in [5, 5.41) is 0. The summed E-state index contributed by atoms with van der Waals surface area (Å²) in [6.07, 6.45) is -2.02. The quantitative estimate of drug-likeness (QED) is 0.687. The lowest BCUT2D eigenvalue weighted by molar-refractivity contribution is -0.137. The van der Waals surface area contributed by atoms with Gasteiger partial charge in [0.2, 0.25) is 0 Å². The van der Waals surface area contributed by atoms with Crippen LogP contribution in [0.15, 0.2) is 24.5 Å². The molecule has 0 spiro atoms. The van der Waals surface area contributed by atoms with Crippen molar-refractivity contribution >= 4 is 29.6 Å². The Morgan fingerprint density at radius 2 is 1.47 bits per heavy atom. The topological polar surface area (TPSA) is 47.0 Å². The maximum absolute atomic E-state index is 11.8. The third-order valence-electron chi connectivity index (χ3n) is 1.01. The van der Waals surface area contributed by atoms with E-state index in [1.54, 1.807) is 0 Å². The molecule has 0 radical (unpaired) electrons. The van der Waals surface area contributed by atoms with Crippen molar-refractivity contribution in [2.45, 2.75) is 6.18 Å². The average molecular weight is 282 g/mol. The van der Waals surface area contributed by atoms with Crippen LogP contribution < -0.4 is 0 Å². The van der Waals surface area contributed by atoms with Crippen molar-refractivity contribution in [1.82, 2.24) is 4.98 Å². The van der Waals surface area contributed by atoms with E-state index in [0.29, 0.717) is 0 Å². The number of halogens is 5. The van der Waals surface area contributed by atoms with Crippen molar-refractivity contribution in [3.63, 3.8) is 0 Å². The predicted molar refractivity (Wildman–Crippen MR) is 49.9 cm³/mol. The molecule has 0 aliphatic rings. The molecule has 0 unspecified atom stereocenters. The minimum absolute atomic E-state index is 0.664. The highest BCUT2D eigenvalue weighted by atomic mass is 36.0. The molecule has 15 heavy (non-hydrogen) atoms. The number of hydrogen-bond acceptors (Lipinski definition) is 3. The number of alkyl halides is 3. The van der Waals surface area contributed by atoms with Gasteiger partial charge in [0.25, 0.3) is 0 Å². The first-order chi connectivity index (χ1) is 6.61. The smallest absolute Gasteiger partial charge is 0.265 e. The predicted octanol–water partition coefficient (Wildman–Crippen LogP) is 2.81. The molecule has 1 heterocycles. The minimum Gasteiger partial charge on any atom is -0.265 e. The van der Waals surface area contributed by atoms with Gasteiger partial charge in [0.05, 0.1) is 5.56 Å². The van der Waals surface area contributed by atoms with E-state index < -0.39 is 20.0 Å². The van der Waals surface area contributed by atoms with Crippen molar-refractivity contribution in [3.05, 3.63) is 30.1 Å².